The highest BCUT2D eigenvalue weighted by Crippen LogP contribution is 2.23. The molecule has 0 aliphatic heterocycles. The molecule has 0 aliphatic rings. The maximum Gasteiger partial charge on any atom is 0.319 e. The molecule has 0 fully saturated rings. The number of hydrogen-bond acceptors (Lipinski definition) is 2. The molecule has 2 N–H and O–H groups in total. The molecular weight excluding hydrogens is 228 g/mol. The average molecular weight is 250 g/mol. The highest BCUT2D eigenvalue weighted by atomic mass is 16.5. The zero-order valence-electron chi connectivity index (χ0n) is 11.5. The van der Waals surface area contributed by atoms with Gasteiger partial charge in [0.05, 0.1) is 12.6 Å². The number of rotatable bonds is 5. The van der Waals surface area contributed by atoms with Gasteiger partial charge in [0.1, 0.15) is 0 Å². The lowest BCUT2D eigenvalue weighted by molar-refractivity contribution is 0.173. The lowest BCUT2D eigenvalue weighted by Gasteiger charge is -2.16. The predicted molar refractivity (Wildman–Crippen MR) is 74.0 cm³/mol. The standard InChI is InChI=1S/C14H22N2O2/c1-10(2)12-7-5-6-8-13(12)16-14(17)15-11(3)9-18-4/h5-8,10-11H,9H2,1-4H3,(H2,15,16,17)/t11-/m1/s1. The number of urea groups is 1. The quantitative estimate of drug-likeness (QED) is 0.844. The van der Waals surface area contributed by atoms with Crippen LogP contribution in [0.1, 0.15) is 32.3 Å². The molecule has 1 rings (SSSR count). The summed E-state index contributed by atoms with van der Waals surface area (Å²) >= 11 is 0. The summed E-state index contributed by atoms with van der Waals surface area (Å²) in [4.78, 5) is 11.8. The van der Waals surface area contributed by atoms with Crippen LogP contribution >= 0.6 is 0 Å². The Bertz CT molecular complexity index is 391. The Morgan fingerprint density at radius 2 is 1.94 bits per heavy atom. The van der Waals surface area contributed by atoms with Crippen molar-refractivity contribution in [3.8, 4) is 0 Å². The van der Waals surface area contributed by atoms with Crippen LogP contribution in [0.2, 0.25) is 0 Å². The van der Waals surface area contributed by atoms with Crippen LogP contribution in [-0.4, -0.2) is 25.8 Å². The minimum Gasteiger partial charge on any atom is -0.383 e. The van der Waals surface area contributed by atoms with E-state index >= 15 is 0 Å². The molecule has 2 amide bonds. The van der Waals surface area contributed by atoms with E-state index in [-0.39, 0.29) is 12.1 Å². The van der Waals surface area contributed by atoms with Crippen molar-refractivity contribution >= 4 is 11.7 Å². The fraction of sp³-hybridized carbons (Fsp3) is 0.500. The van der Waals surface area contributed by atoms with Gasteiger partial charge in [-0.05, 0) is 24.5 Å². The normalized spacial score (nSPS) is 12.3. The number of para-hydroxylation sites is 1. The van der Waals surface area contributed by atoms with Crippen LogP contribution in [-0.2, 0) is 4.74 Å². The topological polar surface area (TPSA) is 50.4 Å². The third kappa shape index (κ3) is 4.37. The van der Waals surface area contributed by atoms with E-state index in [4.69, 9.17) is 4.74 Å². The summed E-state index contributed by atoms with van der Waals surface area (Å²) in [5, 5.41) is 5.70. The van der Waals surface area contributed by atoms with Gasteiger partial charge < -0.3 is 15.4 Å². The first-order chi connectivity index (χ1) is 8.54. The number of anilines is 1. The molecule has 0 saturated heterocycles. The number of ether oxygens (including phenoxy) is 1. The zero-order chi connectivity index (χ0) is 13.5. The molecule has 0 radical (unpaired) electrons. The van der Waals surface area contributed by atoms with Crippen molar-refractivity contribution < 1.29 is 9.53 Å². The Morgan fingerprint density at radius 1 is 1.28 bits per heavy atom. The van der Waals surface area contributed by atoms with E-state index in [2.05, 4.69) is 24.5 Å². The molecule has 100 valence electrons. The highest BCUT2D eigenvalue weighted by Gasteiger charge is 2.10. The lowest BCUT2D eigenvalue weighted by atomic mass is 10.0. The van der Waals surface area contributed by atoms with Gasteiger partial charge in [-0.15, -0.1) is 0 Å². The molecule has 0 unspecified atom stereocenters. The first-order valence-electron chi connectivity index (χ1n) is 6.20. The molecule has 1 aromatic rings. The summed E-state index contributed by atoms with van der Waals surface area (Å²) in [5.74, 6) is 0.373. The average Bonchev–Trinajstić information content (AvgIpc) is 2.29. The van der Waals surface area contributed by atoms with Gasteiger partial charge in [0.2, 0.25) is 0 Å². The maximum absolute atomic E-state index is 11.8. The van der Waals surface area contributed by atoms with Gasteiger partial charge in [-0.25, -0.2) is 4.79 Å². The third-order valence-corrected chi connectivity index (χ3v) is 2.63. The fourth-order valence-electron chi connectivity index (χ4n) is 1.79. The monoisotopic (exact) mass is 250 g/mol. The first-order valence-corrected chi connectivity index (χ1v) is 6.20. The Balaban J connectivity index is 2.64. The Hall–Kier alpha value is -1.55. The van der Waals surface area contributed by atoms with Crippen LogP contribution in [0.5, 0.6) is 0 Å². The predicted octanol–water partition coefficient (Wildman–Crippen LogP) is 2.97. The molecule has 0 bridgehead atoms. The molecule has 0 aromatic heterocycles. The number of benzene rings is 1. The second-order valence-electron chi connectivity index (χ2n) is 4.70. The molecule has 4 nitrogen and oxygen atoms in total. The number of amides is 2. The minimum absolute atomic E-state index is 0.0128. The van der Waals surface area contributed by atoms with Crippen LogP contribution < -0.4 is 10.6 Å². The van der Waals surface area contributed by atoms with Crippen LogP contribution in [0, 0.1) is 0 Å². The van der Waals surface area contributed by atoms with Crippen LogP contribution in [0.25, 0.3) is 0 Å². The summed E-state index contributed by atoms with van der Waals surface area (Å²) in [6.07, 6.45) is 0. The van der Waals surface area contributed by atoms with E-state index in [9.17, 15) is 4.79 Å². The molecule has 1 aromatic carbocycles. The summed E-state index contributed by atoms with van der Waals surface area (Å²) in [5.41, 5.74) is 1.99. The largest absolute Gasteiger partial charge is 0.383 e. The van der Waals surface area contributed by atoms with Crippen molar-refractivity contribution in [2.45, 2.75) is 32.7 Å². The van der Waals surface area contributed by atoms with Crippen LogP contribution in [0.4, 0.5) is 10.5 Å². The third-order valence-electron chi connectivity index (χ3n) is 2.63. The van der Waals surface area contributed by atoms with Crippen molar-refractivity contribution in [1.29, 1.82) is 0 Å². The fourth-order valence-corrected chi connectivity index (χ4v) is 1.79. The molecule has 0 spiro atoms. The van der Waals surface area contributed by atoms with E-state index in [0.717, 1.165) is 11.3 Å². The number of nitrogens with one attached hydrogen (secondary N) is 2. The Morgan fingerprint density at radius 3 is 2.56 bits per heavy atom. The summed E-state index contributed by atoms with van der Waals surface area (Å²) in [6, 6.07) is 7.62. The van der Waals surface area contributed by atoms with E-state index in [1.807, 2.05) is 31.2 Å². The van der Waals surface area contributed by atoms with Crippen molar-refractivity contribution in [3.05, 3.63) is 29.8 Å². The van der Waals surface area contributed by atoms with Gasteiger partial charge in [-0.3, -0.25) is 0 Å². The second-order valence-corrected chi connectivity index (χ2v) is 4.70. The molecule has 0 heterocycles. The van der Waals surface area contributed by atoms with Crippen LogP contribution in [0.3, 0.4) is 0 Å². The zero-order valence-corrected chi connectivity index (χ0v) is 11.5. The molecule has 18 heavy (non-hydrogen) atoms. The molecule has 1 atom stereocenters. The maximum atomic E-state index is 11.8. The van der Waals surface area contributed by atoms with Gasteiger partial charge in [0.25, 0.3) is 0 Å². The molecule has 0 saturated carbocycles. The van der Waals surface area contributed by atoms with Gasteiger partial charge >= 0.3 is 6.03 Å². The van der Waals surface area contributed by atoms with E-state index < -0.39 is 0 Å². The Kier molecular flexibility index (Phi) is 5.65. The summed E-state index contributed by atoms with van der Waals surface area (Å²) in [7, 11) is 1.62. The number of carbonyl (C=O) groups excluding carboxylic acids is 1. The Labute approximate surface area is 109 Å². The number of carbonyl (C=O) groups is 1. The SMILES string of the molecule is COC[C@@H](C)NC(=O)Nc1ccccc1C(C)C. The number of methoxy groups -OCH3 is 1. The molecule has 0 aliphatic carbocycles. The van der Waals surface area contributed by atoms with Gasteiger partial charge in [0, 0.05) is 12.8 Å². The van der Waals surface area contributed by atoms with Crippen molar-refractivity contribution in [2.75, 3.05) is 19.0 Å². The van der Waals surface area contributed by atoms with Gasteiger partial charge in [-0.1, -0.05) is 32.0 Å². The van der Waals surface area contributed by atoms with Crippen molar-refractivity contribution in [2.24, 2.45) is 0 Å². The smallest absolute Gasteiger partial charge is 0.319 e. The van der Waals surface area contributed by atoms with E-state index in [1.165, 1.54) is 0 Å². The molecular formula is C14H22N2O2. The number of hydrogen-bond donors (Lipinski definition) is 2. The minimum atomic E-state index is -0.201. The highest BCUT2D eigenvalue weighted by molar-refractivity contribution is 5.90. The summed E-state index contributed by atoms with van der Waals surface area (Å²) < 4.78 is 4.97. The van der Waals surface area contributed by atoms with Gasteiger partial charge in [0.15, 0.2) is 0 Å². The molecule has 4 heteroatoms. The van der Waals surface area contributed by atoms with Crippen molar-refractivity contribution in [1.82, 2.24) is 5.32 Å². The van der Waals surface area contributed by atoms with Crippen LogP contribution in [0.15, 0.2) is 24.3 Å². The van der Waals surface area contributed by atoms with Crippen molar-refractivity contribution in [3.63, 3.8) is 0 Å². The lowest BCUT2D eigenvalue weighted by Crippen LogP contribution is -2.38. The first kappa shape index (κ1) is 14.5. The van der Waals surface area contributed by atoms with Gasteiger partial charge in [-0.2, -0.15) is 0 Å². The van der Waals surface area contributed by atoms with E-state index in [0.29, 0.717) is 12.5 Å². The van der Waals surface area contributed by atoms with E-state index in [1.54, 1.807) is 7.11 Å². The second kappa shape index (κ2) is 7.01. The summed E-state index contributed by atoms with van der Waals surface area (Å²) in [6.45, 7) is 6.61.